The zero-order chi connectivity index (χ0) is 39.4. The lowest BCUT2D eigenvalue weighted by Crippen LogP contribution is -2.48. The third kappa shape index (κ3) is 38.6. The van der Waals surface area contributed by atoms with Crippen molar-refractivity contribution in [3.05, 3.63) is 48.6 Å². The van der Waals surface area contributed by atoms with Crippen molar-refractivity contribution in [1.82, 2.24) is 5.32 Å². The van der Waals surface area contributed by atoms with E-state index in [9.17, 15) is 20.1 Å². The standard InChI is InChI=1S/C49H91NO4/c1-3-5-7-9-11-13-15-17-19-21-22-23-24-25-26-27-28-30-31-33-35-37-39-41-43-47(52)46(45-51)50-49(54)48(53)44-42-40-38-36-34-32-29-20-18-16-14-12-10-8-6-4-2/h18,20,27-28,33,35,41,43,46-48,51-53H,3-17,19,21-26,29-32,34,36-40,42,44-45H2,1-2H3,(H,50,54)/b20-18-,28-27+,35-33+,43-41+. The molecule has 0 fully saturated rings. The van der Waals surface area contributed by atoms with Gasteiger partial charge in [0.05, 0.1) is 18.8 Å². The predicted molar refractivity (Wildman–Crippen MR) is 236 cm³/mol. The first-order valence-electron chi connectivity index (χ1n) is 23.5. The van der Waals surface area contributed by atoms with E-state index in [0.29, 0.717) is 6.42 Å². The van der Waals surface area contributed by atoms with E-state index in [4.69, 9.17) is 0 Å². The fraction of sp³-hybridized carbons (Fsp3) is 0.816. The summed E-state index contributed by atoms with van der Waals surface area (Å²) in [7, 11) is 0. The number of carbonyl (C=O) groups is 1. The second-order valence-electron chi connectivity index (χ2n) is 15.9. The Labute approximate surface area is 336 Å². The summed E-state index contributed by atoms with van der Waals surface area (Å²) in [6.45, 7) is 4.16. The van der Waals surface area contributed by atoms with Crippen LogP contribution in [0, 0.1) is 0 Å². The van der Waals surface area contributed by atoms with Crippen LogP contribution in [0.15, 0.2) is 48.6 Å². The van der Waals surface area contributed by atoms with E-state index in [1.165, 1.54) is 161 Å². The van der Waals surface area contributed by atoms with Crippen LogP contribution >= 0.6 is 0 Å². The Morgan fingerprint density at radius 3 is 1.13 bits per heavy atom. The number of nitrogens with one attached hydrogen (secondary N) is 1. The van der Waals surface area contributed by atoms with E-state index in [1.54, 1.807) is 6.08 Å². The Morgan fingerprint density at radius 2 is 0.759 bits per heavy atom. The topological polar surface area (TPSA) is 89.8 Å². The van der Waals surface area contributed by atoms with Crippen LogP contribution in [0.25, 0.3) is 0 Å². The van der Waals surface area contributed by atoms with Crippen molar-refractivity contribution in [3.8, 4) is 0 Å². The van der Waals surface area contributed by atoms with Crippen molar-refractivity contribution in [3.63, 3.8) is 0 Å². The first-order valence-corrected chi connectivity index (χ1v) is 23.5. The van der Waals surface area contributed by atoms with Gasteiger partial charge in [-0.2, -0.15) is 0 Å². The maximum atomic E-state index is 12.5. The normalized spacial score (nSPS) is 13.9. The fourth-order valence-electron chi connectivity index (χ4n) is 6.92. The van der Waals surface area contributed by atoms with Gasteiger partial charge < -0.3 is 20.6 Å². The second kappa shape index (κ2) is 44.0. The second-order valence-corrected chi connectivity index (χ2v) is 15.9. The van der Waals surface area contributed by atoms with E-state index in [2.05, 4.69) is 55.6 Å². The summed E-state index contributed by atoms with van der Waals surface area (Å²) in [6.07, 6.45) is 57.3. The molecule has 4 N–H and O–H groups in total. The molecule has 3 unspecified atom stereocenters. The van der Waals surface area contributed by atoms with Gasteiger partial charge in [0.15, 0.2) is 0 Å². The van der Waals surface area contributed by atoms with Crippen molar-refractivity contribution in [2.75, 3.05) is 6.61 Å². The smallest absolute Gasteiger partial charge is 0.249 e. The summed E-state index contributed by atoms with van der Waals surface area (Å²) in [5, 5.41) is 33.1. The monoisotopic (exact) mass is 758 g/mol. The van der Waals surface area contributed by atoms with E-state index < -0.39 is 24.2 Å². The summed E-state index contributed by atoms with van der Waals surface area (Å²) in [6, 6.07) is -0.824. The molecule has 0 radical (unpaired) electrons. The molecule has 0 aliphatic carbocycles. The number of unbranched alkanes of at least 4 members (excludes halogenated alkanes) is 28. The molecule has 316 valence electrons. The molecule has 0 rings (SSSR count). The molecule has 0 bridgehead atoms. The largest absolute Gasteiger partial charge is 0.394 e. The van der Waals surface area contributed by atoms with Crippen LogP contribution in [0.2, 0.25) is 0 Å². The molecule has 5 heteroatoms. The molecule has 5 nitrogen and oxygen atoms in total. The van der Waals surface area contributed by atoms with Crippen molar-refractivity contribution < 1.29 is 20.1 Å². The minimum atomic E-state index is -1.11. The van der Waals surface area contributed by atoms with Crippen molar-refractivity contribution >= 4 is 5.91 Å². The number of rotatable bonds is 42. The number of amides is 1. The molecule has 0 aliphatic rings. The number of hydrogen-bond donors (Lipinski definition) is 4. The summed E-state index contributed by atoms with van der Waals surface area (Å²) in [5.41, 5.74) is 0. The summed E-state index contributed by atoms with van der Waals surface area (Å²) in [5.74, 6) is -0.522. The van der Waals surface area contributed by atoms with Crippen LogP contribution in [-0.4, -0.2) is 46.1 Å². The third-order valence-electron chi connectivity index (χ3n) is 10.6. The molecule has 0 heterocycles. The highest BCUT2D eigenvalue weighted by atomic mass is 16.3. The molecule has 0 aromatic carbocycles. The highest BCUT2D eigenvalue weighted by Crippen LogP contribution is 2.15. The van der Waals surface area contributed by atoms with Gasteiger partial charge in [-0.15, -0.1) is 0 Å². The van der Waals surface area contributed by atoms with Crippen LogP contribution in [-0.2, 0) is 4.79 Å². The van der Waals surface area contributed by atoms with Crippen molar-refractivity contribution in [2.45, 2.75) is 250 Å². The first-order chi connectivity index (χ1) is 26.6. The minimum absolute atomic E-state index is 0.384. The Morgan fingerprint density at radius 1 is 0.444 bits per heavy atom. The first kappa shape index (κ1) is 52.3. The van der Waals surface area contributed by atoms with Gasteiger partial charge in [0.1, 0.15) is 6.10 Å². The van der Waals surface area contributed by atoms with Gasteiger partial charge in [-0.3, -0.25) is 4.79 Å². The number of hydrogen-bond acceptors (Lipinski definition) is 4. The van der Waals surface area contributed by atoms with Gasteiger partial charge in [-0.25, -0.2) is 0 Å². The van der Waals surface area contributed by atoms with Crippen LogP contribution in [0.5, 0.6) is 0 Å². The van der Waals surface area contributed by atoms with E-state index in [1.807, 2.05) is 6.08 Å². The van der Waals surface area contributed by atoms with Gasteiger partial charge in [-0.05, 0) is 70.6 Å². The maximum absolute atomic E-state index is 12.5. The van der Waals surface area contributed by atoms with Gasteiger partial charge in [0.25, 0.3) is 0 Å². The summed E-state index contributed by atoms with van der Waals surface area (Å²) in [4.78, 5) is 12.5. The minimum Gasteiger partial charge on any atom is -0.394 e. The number of carbonyl (C=O) groups excluding carboxylic acids is 1. The predicted octanol–water partition coefficient (Wildman–Crippen LogP) is 13.7. The Bertz CT molecular complexity index is 881. The lowest BCUT2D eigenvalue weighted by atomic mass is 10.0. The van der Waals surface area contributed by atoms with Crippen LogP contribution in [0.3, 0.4) is 0 Å². The maximum Gasteiger partial charge on any atom is 0.249 e. The van der Waals surface area contributed by atoms with Crippen molar-refractivity contribution in [2.24, 2.45) is 0 Å². The van der Waals surface area contributed by atoms with E-state index in [-0.39, 0.29) is 6.61 Å². The molecular weight excluding hydrogens is 667 g/mol. The zero-order valence-electron chi connectivity index (χ0n) is 35.8. The Hall–Kier alpha value is -1.69. The average Bonchev–Trinajstić information content (AvgIpc) is 3.18. The molecule has 1 amide bonds. The number of allylic oxidation sites excluding steroid dienone is 7. The quantitative estimate of drug-likeness (QED) is 0.0369. The molecule has 0 aromatic heterocycles. The zero-order valence-corrected chi connectivity index (χ0v) is 35.8. The number of aliphatic hydroxyl groups excluding tert-OH is 3. The third-order valence-corrected chi connectivity index (χ3v) is 10.6. The SMILES string of the molecule is CCCCCCCC/C=C\CCCCCCCCC(O)C(=O)NC(CO)C(O)/C=C/CC/C=C/CC/C=C/CCCCCCCCCCCCCCCC. The van der Waals surface area contributed by atoms with Crippen LogP contribution < -0.4 is 5.32 Å². The fourth-order valence-corrected chi connectivity index (χ4v) is 6.92. The highest BCUT2D eigenvalue weighted by Gasteiger charge is 2.22. The van der Waals surface area contributed by atoms with Gasteiger partial charge in [0, 0.05) is 0 Å². The van der Waals surface area contributed by atoms with Gasteiger partial charge >= 0.3 is 0 Å². The highest BCUT2D eigenvalue weighted by molar-refractivity contribution is 5.80. The average molecular weight is 758 g/mol. The molecule has 0 saturated heterocycles. The van der Waals surface area contributed by atoms with Gasteiger partial charge in [0.2, 0.25) is 5.91 Å². The molecule has 54 heavy (non-hydrogen) atoms. The summed E-state index contributed by atoms with van der Waals surface area (Å²) < 4.78 is 0. The van der Waals surface area contributed by atoms with Gasteiger partial charge in [-0.1, -0.05) is 210 Å². The summed E-state index contributed by atoms with van der Waals surface area (Å²) >= 11 is 0. The van der Waals surface area contributed by atoms with E-state index in [0.717, 1.165) is 51.4 Å². The molecule has 0 spiro atoms. The lowest BCUT2D eigenvalue weighted by molar-refractivity contribution is -0.131. The number of aliphatic hydroxyl groups is 3. The molecule has 0 aliphatic heterocycles. The molecular formula is C49H91NO4. The molecule has 0 aromatic rings. The van der Waals surface area contributed by atoms with Crippen molar-refractivity contribution in [1.29, 1.82) is 0 Å². The lowest BCUT2D eigenvalue weighted by Gasteiger charge is -2.21. The Balaban J connectivity index is 3.73. The molecule has 3 atom stereocenters. The van der Waals surface area contributed by atoms with E-state index >= 15 is 0 Å². The Kier molecular flexibility index (Phi) is 42.7. The molecule has 0 saturated carbocycles. The van der Waals surface area contributed by atoms with Crippen LogP contribution in [0.1, 0.15) is 232 Å². The van der Waals surface area contributed by atoms with Crippen LogP contribution in [0.4, 0.5) is 0 Å².